The van der Waals surface area contributed by atoms with E-state index in [4.69, 9.17) is 10.5 Å². The van der Waals surface area contributed by atoms with Crippen LogP contribution >= 0.6 is 0 Å². The molecule has 1 atom stereocenters. The first kappa shape index (κ1) is 15.3. The average Bonchev–Trinajstić information content (AvgIpc) is 2.40. The van der Waals surface area contributed by atoms with Crippen molar-refractivity contribution in [1.82, 2.24) is 4.90 Å². The van der Waals surface area contributed by atoms with Crippen LogP contribution in [0.15, 0.2) is 18.2 Å². The van der Waals surface area contributed by atoms with Crippen LogP contribution in [0.3, 0.4) is 0 Å². The van der Waals surface area contributed by atoms with Crippen molar-refractivity contribution in [3.63, 3.8) is 0 Å². The number of morpholine rings is 1. The quantitative estimate of drug-likeness (QED) is 0.926. The van der Waals surface area contributed by atoms with E-state index in [-0.39, 0.29) is 6.10 Å². The third-order valence-electron chi connectivity index (χ3n) is 3.55. The molecular weight excluding hydrogens is 269 g/mol. The largest absolute Gasteiger partial charge is 0.416 e. The normalized spacial score (nSPS) is 21.1. The maximum absolute atomic E-state index is 12.6. The summed E-state index contributed by atoms with van der Waals surface area (Å²) in [5, 5.41) is 0. The number of nitrogens with two attached hydrogens (primary N) is 1. The smallest absolute Gasteiger partial charge is 0.374 e. The standard InChI is InChI=1S/C14H19F3N2O/c1-10-6-12(14(15,16)17)3-2-11(10)8-19-4-5-20-13(7-18)9-19/h2-3,6,13H,4-5,7-9,18H2,1H3. The Bertz CT molecular complexity index is 462. The summed E-state index contributed by atoms with van der Waals surface area (Å²) in [6.45, 7) is 4.91. The highest BCUT2D eigenvalue weighted by atomic mass is 19.4. The van der Waals surface area contributed by atoms with Gasteiger partial charge in [-0.15, -0.1) is 0 Å². The van der Waals surface area contributed by atoms with Crippen molar-refractivity contribution in [2.75, 3.05) is 26.2 Å². The Kier molecular flexibility index (Phi) is 4.67. The molecule has 3 nitrogen and oxygen atoms in total. The number of nitrogens with zero attached hydrogens (tertiary/aromatic N) is 1. The summed E-state index contributed by atoms with van der Waals surface area (Å²) in [6, 6.07) is 3.91. The van der Waals surface area contributed by atoms with Crippen LogP contribution in [-0.2, 0) is 17.5 Å². The second kappa shape index (κ2) is 6.11. The van der Waals surface area contributed by atoms with Gasteiger partial charge in [0.1, 0.15) is 0 Å². The lowest BCUT2D eigenvalue weighted by Gasteiger charge is -2.32. The number of benzene rings is 1. The van der Waals surface area contributed by atoms with Gasteiger partial charge in [-0.3, -0.25) is 4.90 Å². The van der Waals surface area contributed by atoms with Crippen LogP contribution in [0.1, 0.15) is 16.7 Å². The summed E-state index contributed by atoms with van der Waals surface area (Å²) in [5.41, 5.74) is 6.56. The van der Waals surface area contributed by atoms with Gasteiger partial charge in [0.15, 0.2) is 0 Å². The van der Waals surface area contributed by atoms with Crippen molar-refractivity contribution in [2.45, 2.75) is 25.7 Å². The lowest BCUT2D eigenvalue weighted by molar-refractivity contribution is -0.137. The molecule has 112 valence electrons. The van der Waals surface area contributed by atoms with Crippen LogP contribution < -0.4 is 5.73 Å². The molecule has 6 heteroatoms. The van der Waals surface area contributed by atoms with Gasteiger partial charge >= 0.3 is 6.18 Å². The molecule has 2 rings (SSSR count). The van der Waals surface area contributed by atoms with E-state index in [1.54, 1.807) is 13.0 Å². The first-order chi connectivity index (χ1) is 9.40. The summed E-state index contributed by atoms with van der Waals surface area (Å²) in [7, 11) is 0. The van der Waals surface area contributed by atoms with Crippen molar-refractivity contribution in [2.24, 2.45) is 5.73 Å². The molecule has 0 aromatic heterocycles. The lowest BCUT2D eigenvalue weighted by Crippen LogP contribution is -2.45. The van der Waals surface area contributed by atoms with Crippen LogP contribution in [0.25, 0.3) is 0 Å². The van der Waals surface area contributed by atoms with Crippen LogP contribution in [0.5, 0.6) is 0 Å². The van der Waals surface area contributed by atoms with E-state index in [0.717, 1.165) is 24.7 Å². The molecule has 1 unspecified atom stereocenters. The Morgan fingerprint density at radius 3 is 2.75 bits per heavy atom. The SMILES string of the molecule is Cc1cc(C(F)(F)F)ccc1CN1CCOC(CN)C1. The number of halogens is 3. The second-order valence-electron chi connectivity index (χ2n) is 5.10. The molecule has 0 radical (unpaired) electrons. The van der Waals surface area contributed by atoms with Crippen LogP contribution in [-0.4, -0.2) is 37.2 Å². The Morgan fingerprint density at radius 1 is 1.40 bits per heavy atom. The van der Waals surface area contributed by atoms with Gasteiger partial charge in [0.2, 0.25) is 0 Å². The molecule has 0 spiro atoms. The molecule has 1 aromatic rings. The Labute approximate surface area is 116 Å². The molecule has 0 saturated carbocycles. The zero-order valence-electron chi connectivity index (χ0n) is 11.4. The molecule has 1 aliphatic heterocycles. The first-order valence-corrected chi connectivity index (χ1v) is 6.61. The summed E-state index contributed by atoms with van der Waals surface area (Å²) in [6.07, 6.45) is -4.27. The highest BCUT2D eigenvalue weighted by Crippen LogP contribution is 2.30. The van der Waals surface area contributed by atoms with Crippen molar-refractivity contribution < 1.29 is 17.9 Å². The van der Waals surface area contributed by atoms with E-state index < -0.39 is 11.7 Å². The fourth-order valence-corrected chi connectivity index (χ4v) is 2.36. The van der Waals surface area contributed by atoms with Crippen LogP contribution in [0.4, 0.5) is 13.2 Å². The summed E-state index contributed by atoms with van der Waals surface area (Å²) in [4.78, 5) is 2.16. The van der Waals surface area contributed by atoms with E-state index in [1.807, 2.05) is 0 Å². The van der Waals surface area contributed by atoms with Gasteiger partial charge < -0.3 is 10.5 Å². The summed E-state index contributed by atoms with van der Waals surface area (Å²) >= 11 is 0. The van der Waals surface area contributed by atoms with Gasteiger partial charge in [-0.25, -0.2) is 0 Å². The summed E-state index contributed by atoms with van der Waals surface area (Å²) < 4.78 is 43.3. The van der Waals surface area contributed by atoms with Crippen molar-refractivity contribution in [3.8, 4) is 0 Å². The highest BCUT2D eigenvalue weighted by molar-refractivity contribution is 5.32. The molecule has 1 aromatic carbocycles. The first-order valence-electron chi connectivity index (χ1n) is 6.61. The molecule has 0 bridgehead atoms. The maximum Gasteiger partial charge on any atom is 0.416 e. The fraction of sp³-hybridized carbons (Fsp3) is 0.571. The molecule has 1 aliphatic rings. The molecule has 1 saturated heterocycles. The zero-order valence-corrected chi connectivity index (χ0v) is 11.4. The van der Waals surface area contributed by atoms with Crippen LogP contribution in [0, 0.1) is 6.92 Å². The van der Waals surface area contributed by atoms with Crippen molar-refractivity contribution in [1.29, 1.82) is 0 Å². The molecule has 1 heterocycles. The molecule has 20 heavy (non-hydrogen) atoms. The van der Waals surface area contributed by atoms with E-state index in [0.29, 0.717) is 25.3 Å². The number of aryl methyl sites for hydroxylation is 1. The fourth-order valence-electron chi connectivity index (χ4n) is 2.36. The number of ether oxygens (including phenoxy) is 1. The third kappa shape index (κ3) is 3.71. The molecule has 0 amide bonds. The van der Waals surface area contributed by atoms with Gasteiger partial charge in [-0.1, -0.05) is 6.07 Å². The van der Waals surface area contributed by atoms with E-state index in [9.17, 15) is 13.2 Å². The van der Waals surface area contributed by atoms with Gasteiger partial charge in [0, 0.05) is 26.2 Å². The minimum Gasteiger partial charge on any atom is -0.374 e. The number of hydrogen-bond donors (Lipinski definition) is 1. The van der Waals surface area contributed by atoms with Crippen molar-refractivity contribution in [3.05, 3.63) is 34.9 Å². The maximum atomic E-state index is 12.6. The lowest BCUT2D eigenvalue weighted by atomic mass is 10.0. The van der Waals surface area contributed by atoms with E-state index in [2.05, 4.69) is 4.90 Å². The Morgan fingerprint density at radius 2 is 2.15 bits per heavy atom. The second-order valence-corrected chi connectivity index (χ2v) is 5.10. The van der Waals surface area contributed by atoms with E-state index >= 15 is 0 Å². The highest BCUT2D eigenvalue weighted by Gasteiger charge is 2.30. The Balaban J connectivity index is 2.06. The molecule has 2 N–H and O–H groups in total. The molecule has 1 fully saturated rings. The predicted molar refractivity (Wildman–Crippen MR) is 70.3 cm³/mol. The number of hydrogen-bond acceptors (Lipinski definition) is 3. The van der Waals surface area contributed by atoms with E-state index in [1.165, 1.54) is 6.07 Å². The van der Waals surface area contributed by atoms with Gasteiger partial charge in [0.25, 0.3) is 0 Å². The monoisotopic (exact) mass is 288 g/mol. The molecular formula is C14H19F3N2O. The number of rotatable bonds is 3. The zero-order chi connectivity index (χ0) is 14.8. The van der Waals surface area contributed by atoms with Crippen molar-refractivity contribution >= 4 is 0 Å². The summed E-state index contributed by atoms with van der Waals surface area (Å²) in [5.74, 6) is 0. The number of alkyl halides is 3. The van der Waals surface area contributed by atoms with Crippen LogP contribution in [0.2, 0.25) is 0 Å². The van der Waals surface area contributed by atoms with Gasteiger partial charge in [0.05, 0.1) is 18.3 Å². The Hall–Kier alpha value is -1.11. The minimum absolute atomic E-state index is 0.0125. The topological polar surface area (TPSA) is 38.5 Å². The predicted octanol–water partition coefficient (Wildman–Crippen LogP) is 2.17. The van der Waals surface area contributed by atoms with Gasteiger partial charge in [-0.2, -0.15) is 13.2 Å². The average molecular weight is 288 g/mol. The third-order valence-corrected chi connectivity index (χ3v) is 3.55. The minimum atomic E-state index is -4.28. The molecule has 0 aliphatic carbocycles. The van der Waals surface area contributed by atoms with Gasteiger partial charge in [-0.05, 0) is 30.2 Å².